The van der Waals surface area contributed by atoms with Crippen molar-refractivity contribution >= 4 is 5.97 Å². The lowest BCUT2D eigenvalue weighted by Gasteiger charge is -2.18. The van der Waals surface area contributed by atoms with Crippen molar-refractivity contribution in [1.82, 2.24) is 20.4 Å². The van der Waals surface area contributed by atoms with Gasteiger partial charge in [0.25, 0.3) is 0 Å². The maximum atomic E-state index is 12.6. The molecule has 0 N–H and O–H groups in total. The fourth-order valence-electron chi connectivity index (χ4n) is 5.90. The lowest BCUT2D eigenvalue weighted by molar-refractivity contribution is 0.0532. The Morgan fingerprint density at radius 1 is 0.767 bits per heavy atom. The number of allylic oxidation sites excluding steroid dienone is 1. The van der Waals surface area contributed by atoms with Crippen LogP contribution < -0.4 is 0 Å². The molecule has 2 unspecified atom stereocenters. The summed E-state index contributed by atoms with van der Waals surface area (Å²) in [5.41, 5.74) is 6.10. The number of benzene rings is 3. The molecule has 0 aliphatic heterocycles. The Morgan fingerprint density at radius 3 is 1.84 bits per heavy atom. The van der Waals surface area contributed by atoms with Crippen molar-refractivity contribution in [3.63, 3.8) is 0 Å². The minimum absolute atomic E-state index is 0.0668. The molecule has 2 bridgehead atoms. The summed E-state index contributed by atoms with van der Waals surface area (Å²) < 4.78 is 17.6. The minimum atomic E-state index is -0.329. The molecule has 8 nitrogen and oxygen atoms in total. The second-order valence-corrected chi connectivity index (χ2v) is 12.4. The van der Waals surface area contributed by atoms with Crippen molar-refractivity contribution < 1.29 is 18.4 Å². The van der Waals surface area contributed by atoms with Crippen LogP contribution in [0.1, 0.15) is 56.0 Å². The Morgan fingerprint density at radius 2 is 1.33 bits per heavy atom. The van der Waals surface area contributed by atoms with E-state index in [0.29, 0.717) is 53.1 Å². The van der Waals surface area contributed by atoms with E-state index in [1.165, 1.54) is 30.4 Å². The second kappa shape index (κ2) is 10.8. The summed E-state index contributed by atoms with van der Waals surface area (Å²) in [4.78, 5) is 12.6. The van der Waals surface area contributed by atoms with Gasteiger partial charge in [0.05, 0.1) is 5.56 Å². The van der Waals surface area contributed by atoms with Gasteiger partial charge in [-0.2, -0.15) is 0 Å². The van der Waals surface area contributed by atoms with Crippen LogP contribution in [0.5, 0.6) is 0 Å². The number of carbonyl (C=O) groups is 1. The number of rotatable bonds is 7. The summed E-state index contributed by atoms with van der Waals surface area (Å²) in [5, 5.41) is 17.0. The number of aromatic nitrogens is 4. The molecule has 8 heteroatoms. The number of nitrogens with zero attached hydrogens (tertiary/aromatic N) is 4. The van der Waals surface area contributed by atoms with Crippen molar-refractivity contribution in [2.75, 3.05) is 6.61 Å². The Bertz CT molecular complexity index is 1810. The molecule has 2 aromatic heterocycles. The molecule has 2 aliphatic carbocycles. The Balaban J connectivity index is 1.03. The normalized spacial score (nSPS) is 17.7. The topological polar surface area (TPSA) is 104 Å². The molecule has 3 aromatic carbocycles. The van der Waals surface area contributed by atoms with Crippen molar-refractivity contribution in [3.05, 3.63) is 95.6 Å². The fourth-order valence-corrected chi connectivity index (χ4v) is 5.90. The molecule has 216 valence electrons. The first-order valence-electron chi connectivity index (χ1n) is 14.7. The number of hydrogen-bond donors (Lipinski definition) is 0. The Kier molecular flexibility index (Phi) is 6.76. The number of carbonyl (C=O) groups excluding carboxylic acids is 1. The van der Waals surface area contributed by atoms with Gasteiger partial charge < -0.3 is 13.6 Å². The van der Waals surface area contributed by atoms with E-state index in [1.807, 2.05) is 36.4 Å². The molecule has 7 rings (SSSR count). The highest BCUT2D eigenvalue weighted by Crippen LogP contribution is 2.43. The first-order chi connectivity index (χ1) is 20.8. The van der Waals surface area contributed by atoms with Gasteiger partial charge in [0.15, 0.2) is 0 Å². The highest BCUT2D eigenvalue weighted by Gasteiger charge is 2.33. The summed E-state index contributed by atoms with van der Waals surface area (Å²) in [5.74, 6) is 2.50. The van der Waals surface area contributed by atoms with Crippen molar-refractivity contribution in [2.24, 2.45) is 11.8 Å². The van der Waals surface area contributed by atoms with Gasteiger partial charge in [0, 0.05) is 22.3 Å². The van der Waals surface area contributed by atoms with Crippen molar-refractivity contribution in [2.45, 2.75) is 45.4 Å². The third kappa shape index (κ3) is 5.52. The maximum absolute atomic E-state index is 12.6. The first kappa shape index (κ1) is 27.0. The van der Waals surface area contributed by atoms with E-state index in [9.17, 15) is 4.79 Å². The third-order valence-corrected chi connectivity index (χ3v) is 8.39. The SMILES string of the molecule is CC(C)(C)c1ccc(-c2nnc(-c3cccc(-c4nnc(-c5ccc(C(=O)OCC6=CC7CCC6C7)cc5)o4)c3)o2)cc1. The van der Waals surface area contributed by atoms with Crippen molar-refractivity contribution in [3.8, 4) is 45.8 Å². The number of fused-ring (bicyclic) bond motifs is 2. The summed E-state index contributed by atoms with van der Waals surface area (Å²) in [6.07, 6.45) is 5.98. The molecule has 1 fully saturated rings. The largest absolute Gasteiger partial charge is 0.458 e. The quantitative estimate of drug-likeness (QED) is 0.143. The van der Waals surface area contributed by atoms with Crippen molar-refractivity contribution in [1.29, 1.82) is 0 Å². The predicted octanol–water partition coefficient (Wildman–Crippen LogP) is 7.93. The Labute approximate surface area is 249 Å². The molecule has 0 radical (unpaired) electrons. The number of esters is 1. The molecule has 1 saturated carbocycles. The van der Waals surface area contributed by atoms with Crippen LogP contribution in [-0.4, -0.2) is 33.0 Å². The highest BCUT2D eigenvalue weighted by atomic mass is 16.5. The standard InChI is InChI=1S/C35H32N4O4/c1-35(2,3)29-15-13-23(14-16-29)31-37-39-33(43-31)27-6-4-5-26(19-27)32-38-36-30(42-32)22-9-11-24(12-10-22)34(40)41-20-28-18-21-7-8-25(28)17-21/h4-6,9-16,18-19,21,25H,7-8,17,20H2,1-3H3. The molecule has 0 saturated heterocycles. The van der Waals surface area contributed by atoms with Gasteiger partial charge in [-0.1, -0.05) is 45.0 Å². The molecule has 2 atom stereocenters. The van der Waals surface area contributed by atoms with E-state index in [-0.39, 0.29) is 11.4 Å². The number of hydrogen-bond acceptors (Lipinski definition) is 8. The lowest BCUT2D eigenvalue weighted by Crippen LogP contribution is -2.11. The first-order valence-corrected chi connectivity index (χ1v) is 14.7. The van der Waals surface area contributed by atoms with E-state index in [4.69, 9.17) is 13.6 Å². The average molecular weight is 573 g/mol. The summed E-state index contributed by atoms with van der Waals surface area (Å²) in [6.45, 7) is 6.92. The second-order valence-electron chi connectivity index (χ2n) is 12.4. The van der Waals surface area contributed by atoms with Gasteiger partial charge in [0.2, 0.25) is 23.6 Å². The summed E-state index contributed by atoms with van der Waals surface area (Å²) in [7, 11) is 0. The van der Waals surface area contributed by atoms with Gasteiger partial charge >= 0.3 is 5.97 Å². The Hall–Kier alpha value is -4.85. The van der Waals surface area contributed by atoms with E-state index >= 15 is 0 Å². The van der Waals surface area contributed by atoms with Crippen LogP contribution in [-0.2, 0) is 10.2 Å². The molecular weight excluding hydrogens is 540 g/mol. The molecular formula is C35H32N4O4. The van der Waals surface area contributed by atoms with Crippen LogP contribution in [0.4, 0.5) is 0 Å². The van der Waals surface area contributed by atoms with E-state index < -0.39 is 0 Å². The van der Waals surface area contributed by atoms with Crippen LogP contribution >= 0.6 is 0 Å². The van der Waals surface area contributed by atoms with E-state index in [1.54, 1.807) is 24.3 Å². The maximum Gasteiger partial charge on any atom is 0.338 e. The monoisotopic (exact) mass is 572 g/mol. The summed E-state index contributed by atoms with van der Waals surface area (Å²) in [6, 6.07) is 22.7. The molecule has 0 amide bonds. The van der Waals surface area contributed by atoms with Gasteiger partial charge in [-0.3, -0.25) is 0 Å². The molecule has 2 aliphatic rings. The van der Waals surface area contributed by atoms with Crippen LogP contribution in [0, 0.1) is 11.8 Å². The van der Waals surface area contributed by atoms with E-state index in [2.05, 4.69) is 59.4 Å². The van der Waals surface area contributed by atoms with Crippen LogP contribution in [0.15, 0.2) is 93.3 Å². The molecule has 43 heavy (non-hydrogen) atoms. The van der Waals surface area contributed by atoms with Crippen LogP contribution in [0.25, 0.3) is 45.8 Å². The van der Waals surface area contributed by atoms with Gasteiger partial charge in [-0.15, -0.1) is 20.4 Å². The fraction of sp³-hybridized carbons (Fsp3) is 0.286. The third-order valence-electron chi connectivity index (χ3n) is 8.39. The lowest BCUT2D eigenvalue weighted by atomic mass is 9.87. The van der Waals surface area contributed by atoms with Crippen LogP contribution in [0.2, 0.25) is 0 Å². The minimum Gasteiger partial charge on any atom is -0.458 e. The molecule has 0 spiro atoms. The highest BCUT2D eigenvalue weighted by molar-refractivity contribution is 5.90. The van der Waals surface area contributed by atoms with Crippen LogP contribution in [0.3, 0.4) is 0 Å². The zero-order valence-corrected chi connectivity index (χ0v) is 24.4. The predicted molar refractivity (Wildman–Crippen MR) is 162 cm³/mol. The van der Waals surface area contributed by atoms with Gasteiger partial charge in [0.1, 0.15) is 6.61 Å². The zero-order valence-electron chi connectivity index (χ0n) is 24.4. The molecule has 2 heterocycles. The average Bonchev–Trinajstić information content (AvgIpc) is 3.85. The zero-order chi connectivity index (χ0) is 29.6. The summed E-state index contributed by atoms with van der Waals surface area (Å²) >= 11 is 0. The van der Waals surface area contributed by atoms with Gasteiger partial charge in [-0.25, -0.2) is 4.79 Å². The van der Waals surface area contributed by atoms with E-state index in [0.717, 1.165) is 16.7 Å². The molecule has 5 aromatic rings. The smallest absolute Gasteiger partial charge is 0.338 e. The number of ether oxygens (including phenoxy) is 1. The van der Waals surface area contributed by atoms with Gasteiger partial charge in [-0.05, 0) is 102 Å².